The van der Waals surface area contributed by atoms with Crippen molar-refractivity contribution < 1.29 is 9.59 Å². The van der Waals surface area contributed by atoms with Crippen LogP contribution < -0.4 is 0 Å². The molecule has 0 aromatic heterocycles. The minimum absolute atomic E-state index is 0.148. The van der Waals surface area contributed by atoms with E-state index in [1.54, 1.807) is 18.2 Å². The van der Waals surface area contributed by atoms with E-state index in [9.17, 15) is 9.59 Å². The van der Waals surface area contributed by atoms with Crippen molar-refractivity contribution >= 4 is 11.8 Å². The van der Waals surface area contributed by atoms with Gasteiger partial charge in [-0.15, -0.1) is 6.58 Å². The zero-order chi connectivity index (χ0) is 19.3. The molecule has 4 heteroatoms. The highest BCUT2D eigenvalue weighted by Gasteiger charge is 2.44. The molecule has 140 valence electrons. The van der Waals surface area contributed by atoms with Gasteiger partial charge in [0.25, 0.3) is 5.91 Å². The summed E-state index contributed by atoms with van der Waals surface area (Å²) in [6.45, 7) is 7.64. The molecule has 1 aliphatic rings. The summed E-state index contributed by atoms with van der Waals surface area (Å²) in [4.78, 5) is 30.1. The fourth-order valence-electron chi connectivity index (χ4n) is 3.68. The second-order valence-electron chi connectivity index (χ2n) is 7.16. The van der Waals surface area contributed by atoms with Crippen LogP contribution >= 0.6 is 0 Å². The van der Waals surface area contributed by atoms with Gasteiger partial charge in [-0.05, 0) is 37.5 Å². The third-order valence-electron chi connectivity index (χ3n) is 5.24. The zero-order valence-electron chi connectivity index (χ0n) is 15.8. The first-order valence-corrected chi connectivity index (χ1v) is 9.37. The highest BCUT2D eigenvalue weighted by atomic mass is 16.2. The number of rotatable bonds is 5. The summed E-state index contributed by atoms with van der Waals surface area (Å²) in [6, 6.07) is 19.1. The van der Waals surface area contributed by atoms with Crippen LogP contribution in [-0.2, 0) is 11.3 Å². The topological polar surface area (TPSA) is 40.6 Å². The first-order chi connectivity index (χ1) is 13.1. The van der Waals surface area contributed by atoms with E-state index >= 15 is 0 Å². The average molecular weight is 362 g/mol. The maximum absolute atomic E-state index is 13.5. The third-order valence-corrected chi connectivity index (χ3v) is 5.24. The Balaban J connectivity index is 1.90. The quantitative estimate of drug-likeness (QED) is 0.598. The van der Waals surface area contributed by atoms with E-state index in [1.165, 1.54) is 4.90 Å². The molecule has 0 unspecified atom stereocenters. The smallest absolute Gasteiger partial charge is 0.260 e. The first kappa shape index (κ1) is 19.1. The standard InChI is InChI=1S/C23H26N2O2/c1-3-15-23(2)22(27)25(21(26)20-13-8-5-9-14-20)17-10-16-24(23)18-19-11-6-4-7-12-19/h3-9,11-14H,1,10,15-18H2,2H3/t23-/m0/s1. The molecule has 0 bridgehead atoms. The molecule has 0 spiro atoms. The van der Waals surface area contributed by atoms with Crippen molar-refractivity contribution in [3.63, 3.8) is 0 Å². The van der Waals surface area contributed by atoms with Gasteiger partial charge in [0, 0.05) is 25.2 Å². The molecule has 0 N–H and O–H groups in total. The molecule has 1 heterocycles. The summed E-state index contributed by atoms with van der Waals surface area (Å²) < 4.78 is 0. The Morgan fingerprint density at radius 2 is 1.70 bits per heavy atom. The predicted octanol–water partition coefficient (Wildman–Crippen LogP) is 3.90. The Bertz CT molecular complexity index is 804. The molecule has 2 amide bonds. The summed E-state index contributed by atoms with van der Waals surface area (Å²) >= 11 is 0. The molecular formula is C23H26N2O2. The number of amides is 2. The van der Waals surface area contributed by atoms with Gasteiger partial charge in [0.1, 0.15) is 5.54 Å². The van der Waals surface area contributed by atoms with Gasteiger partial charge < -0.3 is 0 Å². The molecule has 0 saturated carbocycles. The molecule has 3 rings (SSSR count). The van der Waals surface area contributed by atoms with E-state index in [4.69, 9.17) is 0 Å². The lowest BCUT2D eigenvalue weighted by atomic mass is 9.92. The van der Waals surface area contributed by atoms with Crippen LogP contribution in [0.2, 0.25) is 0 Å². The lowest BCUT2D eigenvalue weighted by Gasteiger charge is -2.39. The lowest BCUT2D eigenvalue weighted by Crippen LogP contribution is -2.56. The van der Waals surface area contributed by atoms with Crippen LogP contribution in [0.3, 0.4) is 0 Å². The Labute approximate surface area is 161 Å². The molecule has 1 aliphatic heterocycles. The van der Waals surface area contributed by atoms with Crippen molar-refractivity contribution in [1.29, 1.82) is 0 Å². The van der Waals surface area contributed by atoms with Gasteiger partial charge in [-0.2, -0.15) is 0 Å². The minimum Gasteiger partial charge on any atom is -0.285 e. The molecule has 0 aliphatic carbocycles. The molecule has 1 saturated heterocycles. The average Bonchev–Trinajstić information content (AvgIpc) is 2.81. The van der Waals surface area contributed by atoms with Gasteiger partial charge in [-0.3, -0.25) is 19.4 Å². The molecule has 1 atom stereocenters. The molecule has 4 nitrogen and oxygen atoms in total. The number of hydrogen-bond acceptors (Lipinski definition) is 3. The Morgan fingerprint density at radius 3 is 2.33 bits per heavy atom. The van der Waals surface area contributed by atoms with E-state index in [1.807, 2.05) is 43.3 Å². The summed E-state index contributed by atoms with van der Waals surface area (Å²) in [5.74, 6) is -0.373. The fourth-order valence-corrected chi connectivity index (χ4v) is 3.68. The Morgan fingerprint density at radius 1 is 1.07 bits per heavy atom. The summed E-state index contributed by atoms with van der Waals surface area (Å²) in [7, 11) is 0. The van der Waals surface area contributed by atoms with Crippen LogP contribution in [0.25, 0.3) is 0 Å². The van der Waals surface area contributed by atoms with Crippen LogP contribution in [-0.4, -0.2) is 40.2 Å². The molecule has 0 radical (unpaired) electrons. The van der Waals surface area contributed by atoms with Crippen LogP contribution in [0.15, 0.2) is 73.3 Å². The summed E-state index contributed by atoms with van der Waals surface area (Å²) in [6.07, 6.45) is 3.02. The highest BCUT2D eigenvalue weighted by molar-refractivity contribution is 6.07. The van der Waals surface area contributed by atoms with E-state index in [0.717, 1.165) is 18.5 Å². The van der Waals surface area contributed by atoms with Crippen LogP contribution in [0.5, 0.6) is 0 Å². The Kier molecular flexibility index (Phi) is 5.87. The number of carbonyl (C=O) groups excluding carboxylic acids is 2. The van der Waals surface area contributed by atoms with Crippen molar-refractivity contribution in [3.8, 4) is 0 Å². The van der Waals surface area contributed by atoms with Crippen molar-refractivity contribution in [2.24, 2.45) is 0 Å². The number of imide groups is 1. The number of carbonyl (C=O) groups is 2. The largest absolute Gasteiger partial charge is 0.285 e. The normalized spacial score (nSPS) is 20.9. The number of benzene rings is 2. The van der Waals surface area contributed by atoms with E-state index in [2.05, 4.69) is 23.6 Å². The first-order valence-electron chi connectivity index (χ1n) is 9.37. The van der Waals surface area contributed by atoms with Gasteiger partial charge in [-0.25, -0.2) is 0 Å². The maximum atomic E-state index is 13.5. The molecule has 2 aromatic rings. The molecule has 2 aromatic carbocycles. The minimum atomic E-state index is -0.793. The molecule has 27 heavy (non-hydrogen) atoms. The van der Waals surface area contributed by atoms with Crippen molar-refractivity contribution in [1.82, 2.24) is 9.80 Å². The monoisotopic (exact) mass is 362 g/mol. The van der Waals surface area contributed by atoms with Crippen LogP contribution in [0.4, 0.5) is 0 Å². The van der Waals surface area contributed by atoms with Crippen molar-refractivity contribution in [2.75, 3.05) is 13.1 Å². The maximum Gasteiger partial charge on any atom is 0.260 e. The van der Waals surface area contributed by atoms with Crippen LogP contribution in [0, 0.1) is 0 Å². The highest BCUT2D eigenvalue weighted by Crippen LogP contribution is 2.29. The van der Waals surface area contributed by atoms with Crippen molar-refractivity contribution in [3.05, 3.63) is 84.4 Å². The van der Waals surface area contributed by atoms with Gasteiger partial charge in [-0.1, -0.05) is 54.6 Å². The third kappa shape index (κ3) is 4.01. The number of nitrogens with zero attached hydrogens (tertiary/aromatic N) is 2. The van der Waals surface area contributed by atoms with E-state index < -0.39 is 5.54 Å². The Hall–Kier alpha value is -2.72. The zero-order valence-corrected chi connectivity index (χ0v) is 15.8. The predicted molar refractivity (Wildman–Crippen MR) is 107 cm³/mol. The molecular weight excluding hydrogens is 336 g/mol. The van der Waals surface area contributed by atoms with E-state index in [-0.39, 0.29) is 11.8 Å². The summed E-state index contributed by atoms with van der Waals surface area (Å²) in [5, 5.41) is 0. The van der Waals surface area contributed by atoms with Gasteiger partial charge in [0.2, 0.25) is 5.91 Å². The van der Waals surface area contributed by atoms with Crippen molar-refractivity contribution in [2.45, 2.75) is 31.8 Å². The van der Waals surface area contributed by atoms with Gasteiger partial charge >= 0.3 is 0 Å². The van der Waals surface area contributed by atoms with Gasteiger partial charge in [0.15, 0.2) is 0 Å². The summed E-state index contributed by atoms with van der Waals surface area (Å²) in [5.41, 5.74) is 0.908. The molecule has 1 fully saturated rings. The SMILES string of the molecule is C=CC[C@@]1(C)C(=O)N(C(=O)c2ccccc2)CCCN1Cc1ccccc1. The van der Waals surface area contributed by atoms with Gasteiger partial charge in [0.05, 0.1) is 0 Å². The van der Waals surface area contributed by atoms with E-state index in [0.29, 0.717) is 25.1 Å². The lowest BCUT2D eigenvalue weighted by molar-refractivity contribution is -0.139. The number of hydrogen-bond donors (Lipinski definition) is 0. The van der Waals surface area contributed by atoms with Crippen LogP contribution in [0.1, 0.15) is 35.7 Å². The second kappa shape index (κ2) is 8.31. The second-order valence-corrected chi connectivity index (χ2v) is 7.16. The fraction of sp³-hybridized carbons (Fsp3) is 0.304.